The molecule has 0 aromatic heterocycles. The molecule has 220 valence electrons. The summed E-state index contributed by atoms with van der Waals surface area (Å²) in [4.78, 5) is 26.8. The van der Waals surface area contributed by atoms with E-state index in [1.807, 2.05) is 0 Å². The quantitative estimate of drug-likeness (QED) is 0.290. The number of nitrogens with zero attached hydrogens (tertiary/aromatic N) is 1. The molecule has 1 aliphatic rings. The Bertz CT molecular complexity index is 1340. The Morgan fingerprint density at radius 3 is 2.42 bits per heavy atom. The third-order valence-corrected chi connectivity index (χ3v) is 6.88. The van der Waals surface area contributed by atoms with Crippen LogP contribution in [0.4, 0.5) is 18.0 Å². The number of unbranched alkanes of at least 4 members (excludes halogenated alkanes) is 1. The summed E-state index contributed by atoms with van der Waals surface area (Å²) in [5.41, 5.74) is 0.287. The Kier molecular flexibility index (Phi) is 9.72. The van der Waals surface area contributed by atoms with Crippen molar-refractivity contribution >= 4 is 21.9 Å². The second-order valence-corrected chi connectivity index (χ2v) is 11.9. The third kappa shape index (κ3) is 9.12. The molecule has 0 saturated carbocycles. The molecule has 0 spiro atoms. The highest BCUT2D eigenvalue weighted by molar-refractivity contribution is 7.89. The van der Waals surface area contributed by atoms with Crippen LogP contribution in [0.15, 0.2) is 41.3 Å². The topological polar surface area (TPSA) is 125 Å². The van der Waals surface area contributed by atoms with Crippen molar-refractivity contribution in [2.45, 2.75) is 69.7 Å². The van der Waals surface area contributed by atoms with Gasteiger partial charge in [-0.15, -0.1) is 13.2 Å². The summed E-state index contributed by atoms with van der Waals surface area (Å²) in [6, 6.07) is 8.52. The van der Waals surface area contributed by atoms with E-state index in [-0.39, 0.29) is 59.2 Å². The number of amides is 1. The zero-order valence-electron chi connectivity index (χ0n) is 22.5. The molecule has 2 N–H and O–H groups in total. The van der Waals surface area contributed by atoms with Crippen molar-refractivity contribution in [3.8, 4) is 11.5 Å². The van der Waals surface area contributed by atoms with Crippen LogP contribution in [-0.4, -0.2) is 56.9 Å². The van der Waals surface area contributed by atoms with E-state index in [2.05, 4.69) is 4.74 Å². The first-order valence-corrected chi connectivity index (χ1v) is 14.3. The third-order valence-electron chi connectivity index (χ3n) is 5.96. The number of hydrogen-bond donors (Lipinski definition) is 1. The van der Waals surface area contributed by atoms with E-state index >= 15 is 0 Å². The maximum Gasteiger partial charge on any atom is 0.573 e. The Hall–Kier alpha value is -3.32. The number of nitrogens with two attached hydrogens (primary N) is 1. The van der Waals surface area contributed by atoms with Gasteiger partial charge in [0.05, 0.1) is 6.61 Å². The van der Waals surface area contributed by atoms with Crippen LogP contribution in [-0.2, 0) is 27.6 Å². The van der Waals surface area contributed by atoms with Crippen LogP contribution in [0, 0.1) is 0 Å². The zero-order valence-corrected chi connectivity index (χ0v) is 23.4. The van der Waals surface area contributed by atoms with Crippen LogP contribution < -0.4 is 14.6 Å². The van der Waals surface area contributed by atoms with Gasteiger partial charge in [-0.05, 0) is 69.4 Å². The van der Waals surface area contributed by atoms with Crippen molar-refractivity contribution in [2.24, 2.45) is 5.14 Å². The fraction of sp³-hybridized carbons (Fsp3) is 0.481. The molecule has 0 aliphatic carbocycles. The monoisotopic (exact) mass is 586 g/mol. The van der Waals surface area contributed by atoms with Gasteiger partial charge in [0, 0.05) is 31.5 Å². The first kappa shape index (κ1) is 31.2. The first-order chi connectivity index (χ1) is 18.5. The Balaban J connectivity index is 1.65. The average Bonchev–Trinajstić information content (AvgIpc) is 3.29. The number of carbonyl (C=O) groups is 2. The predicted octanol–water partition coefficient (Wildman–Crippen LogP) is 5.00. The van der Waals surface area contributed by atoms with Crippen LogP contribution in [0.3, 0.4) is 0 Å². The van der Waals surface area contributed by atoms with E-state index in [9.17, 15) is 31.2 Å². The molecule has 1 heterocycles. The van der Waals surface area contributed by atoms with Crippen LogP contribution >= 0.6 is 0 Å². The van der Waals surface area contributed by atoms with E-state index in [0.29, 0.717) is 31.4 Å². The van der Waals surface area contributed by atoms with E-state index < -0.39 is 28.1 Å². The Labute approximate surface area is 231 Å². The van der Waals surface area contributed by atoms with E-state index in [1.165, 1.54) is 29.2 Å². The number of fused-ring (bicyclic) bond motifs is 1. The number of ketones is 1. The largest absolute Gasteiger partial charge is 0.573 e. The minimum absolute atomic E-state index is 0.0592. The zero-order chi connectivity index (χ0) is 29.7. The fourth-order valence-electron chi connectivity index (χ4n) is 4.19. The molecule has 9 nitrogen and oxygen atoms in total. The molecule has 2 aromatic carbocycles. The van der Waals surface area contributed by atoms with Gasteiger partial charge in [0.25, 0.3) is 0 Å². The molecular weight excluding hydrogens is 553 g/mol. The lowest BCUT2D eigenvalue weighted by Crippen LogP contribution is -2.38. The van der Waals surface area contributed by atoms with Gasteiger partial charge in [-0.3, -0.25) is 4.79 Å². The molecule has 0 atom stereocenters. The van der Waals surface area contributed by atoms with Gasteiger partial charge in [0.1, 0.15) is 22.0 Å². The lowest BCUT2D eigenvalue weighted by molar-refractivity contribution is -0.274. The van der Waals surface area contributed by atoms with Gasteiger partial charge in [-0.25, -0.2) is 18.4 Å². The summed E-state index contributed by atoms with van der Waals surface area (Å²) in [5, 5.41) is 5.30. The van der Waals surface area contributed by atoms with Gasteiger partial charge in [-0.1, -0.05) is 18.2 Å². The van der Waals surface area contributed by atoms with E-state index in [0.717, 1.165) is 0 Å². The van der Waals surface area contributed by atoms with Crippen molar-refractivity contribution in [1.82, 2.24) is 4.90 Å². The molecule has 1 amide bonds. The lowest BCUT2D eigenvalue weighted by Gasteiger charge is -2.27. The second-order valence-electron chi connectivity index (χ2n) is 10.4. The molecule has 3 rings (SSSR count). The molecule has 1 aliphatic heterocycles. The molecule has 40 heavy (non-hydrogen) atoms. The predicted molar refractivity (Wildman–Crippen MR) is 140 cm³/mol. The Morgan fingerprint density at radius 2 is 1.77 bits per heavy atom. The van der Waals surface area contributed by atoms with Crippen molar-refractivity contribution in [3.63, 3.8) is 0 Å². The molecule has 2 aromatic rings. The van der Waals surface area contributed by atoms with Crippen LogP contribution in [0.1, 0.15) is 61.5 Å². The average molecular weight is 587 g/mol. The standard InChI is InChI=1S/C27H33F3N2O7S/c1-26(2,3)39-25(34)32(14-11-18-8-4-5-10-22(18)38-27(28,29)30)13-7-6-9-21(33)20-16-19-12-15-37-24(19)23(17-20)40(31,35)36/h4-5,8,10,16-17H,6-7,9,11-15H2,1-3H3,(H2,31,35,36). The highest BCUT2D eigenvalue weighted by atomic mass is 32.2. The number of halogens is 3. The number of alkyl halides is 3. The van der Waals surface area contributed by atoms with Crippen molar-refractivity contribution in [3.05, 3.63) is 53.1 Å². The van der Waals surface area contributed by atoms with Crippen molar-refractivity contribution in [1.29, 1.82) is 0 Å². The summed E-state index contributed by atoms with van der Waals surface area (Å²) in [6.07, 6.45) is -4.11. The SMILES string of the molecule is CC(C)(C)OC(=O)N(CCCCC(=O)c1cc2c(c(S(N)(=O)=O)c1)OCC2)CCc1ccccc1OC(F)(F)F. The van der Waals surface area contributed by atoms with Gasteiger partial charge in [0.2, 0.25) is 10.0 Å². The highest BCUT2D eigenvalue weighted by Gasteiger charge is 2.32. The number of carbonyl (C=O) groups excluding carboxylic acids is 2. The summed E-state index contributed by atoms with van der Waals surface area (Å²) in [5.74, 6) is -0.459. The normalized spacial score (nSPS) is 13.4. The molecule has 0 fully saturated rings. The summed E-state index contributed by atoms with van der Waals surface area (Å²) < 4.78 is 77.3. The minimum atomic E-state index is -4.85. The molecule has 0 radical (unpaired) electrons. The molecule has 0 saturated heterocycles. The number of hydrogen-bond acceptors (Lipinski definition) is 7. The Morgan fingerprint density at radius 1 is 1.07 bits per heavy atom. The van der Waals surface area contributed by atoms with Gasteiger partial charge >= 0.3 is 12.5 Å². The van der Waals surface area contributed by atoms with E-state index in [4.69, 9.17) is 14.6 Å². The number of benzene rings is 2. The number of ether oxygens (including phenoxy) is 3. The van der Waals surface area contributed by atoms with Gasteiger partial charge in [-0.2, -0.15) is 0 Å². The summed E-state index contributed by atoms with van der Waals surface area (Å²) in [6.45, 7) is 5.64. The maximum atomic E-state index is 12.9. The molecule has 0 bridgehead atoms. The summed E-state index contributed by atoms with van der Waals surface area (Å²) in [7, 11) is -4.09. The second kappa shape index (κ2) is 12.5. The summed E-state index contributed by atoms with van der Waals surface area (Å²) >= 11 is 0. The highest BCUT2D eigenvalue weighted by Crippen LogP contribution is 2.34. The number of para-hydroxylation sites is 1. The maximum absolute atomic E-state index is 12.9. The minimum Gasteiger partial charge on any atom is -0.492 e. The van der Waals surface area contributed by atoms with Crippen molar-refractivity contribution < 1.29 is 45.4 Å². The molecular formula is C27H33F3N2O7S. The fourth-order valence-corrected chi connectivity index (χ4v) is 4.93. The first-order valence-electron chi connectivity index (χ1n) is 12.7. The van der Waals surface area contributed by atoms with Crippen molar-refractivity contribution in [2.75, 3.05) is 19.7 Å². The molecule has 13 heteroatoms. The van der Waals surface area contributed by atoms with Crippen LogP contribution in [0.25, 0.3) is 0 Å². The number of primary sulfonamides is 1. The number of sulfonamides is 1. The number of Topliss-reactive ketones (excluding diaryl/α,β-unsaturated/α-hetero) is 1. The lowest BCUT2D eigenvalue weighted by atomic mass is 10.0. The number of rotatable bonds is 11. The smallest absolute Gasteiger partial charge is 0.492 e. The molecule has 0 unspecified atom stereocenters. The van der Waals surface area contributed by atoms with Crippen LogP contribution in [0.5, 0.6) is 11.5 Å². The van der Waals surface area contributed by atoms with Gasteiger partial charge in [0.15, 0.2) is 5.78 Å². The van der Waals surface area contributed by atoms with E-state index in [1.54, 1.807) is 32.9 Å². The van der Waals surface area contributed by atoms with Crippen LogP contribution in [0.2, 0.25) is 0 Å². The van der Waals surface area contributed by atoms with Gasteiger partial charge < -0.3 is 19.1 Å².